The van der Waals surface area contributed by atoms with Gasteiger partial charge in [-0.05, 0) is 43.1 Å². The smallest absolute Gasteiger partial charge is 0.145 e. The monoisotopic (exact) mass is 345 g/mol. The molecule has 0 aromatic heterocycles. The Morgan fingerprint density at radius 3 is 2.19 bits per heavy atom. The molecule has 1 atom stereocenters. The maximum absolute atomic E-state index is 14.0. The number of benzene rings is 2. The Kier molecular flexibility index (Phi) is 5.88. The fourth-order valence-corrected chi connectivity index (χ4v) is 2.81. The van der Waals surface area contributed by atoms with E-state index >= 15 is 0 Å². The van der Waals surface area contributed by atoms with E-state index in [1.54, 1.807) is 24.3 Å². The van der Waals surface area contributed by atoms with Crippen molar-refractivity contribution < 1.29 is 4.39 Å². The average Bonchev–Trinajstić information content (AvgIpc) is 2.47. The summed E-state index contributed by atoms with van der Waals surface area (Å²) in [6.45, 7) is 0. The third-order valence-electron chi connectivity index (χ3n) is 3.40. The van der Waals surface area contributed by atoms with E-state index in [2.05, 4.69) is 5.32 Å². The molecule has 2 aromatic carbocycles. The normalized spacial score (nSPS) is 12.4. The van der Waals surface area contributed by atoms with E-state index in [1.165, 1.54) is 0 Å². The van der Waals surface area contributed by atoms with Crippen molar-refractivity contribution in [2.45, 2.75) is 18.9 Å². The minimum Gasteiger partial charge on any atom is -0.316 e. The molecular weight excluding hydrogens is 332 g/mol. The van der Waals surface area contributed by atoms with Gasteiger partial charge in [0.1, 0.15) is 5.82 Å². The number of hydrogen-bond acceptors (Lipinski definition) is 1. The fourth-order valence-electron chi connectivity index (χ4n) is 2.22. The van der Waals surface area contributed by atoms with Gasteiger partial charge in [-0.15, -0.1) is 0 Å². The summed E-state index contributed by atoms with van der Waals surface area (Å²) < 4.78 is 14.0. The summed E-state index contributed by atoms with van der Waals surface area (Å²) in [5.41, 5.74) is 1.52. The quantitative estimate of drug-likeness (QED) is 0.788. The SMILES string of the molecule is CNC(Cc1cccc(Cl)c1F)Cc1cccc(Cl)c1Cl. The summed E-state index contributed by atoms with van der Waals surface area (Å²) >= 11 is 18.0. The van der Waals surface area contributed by atoms with Crippen LogP contribution in [0.25, 0.3) is 0 Å². The number of rotatable bonds is 5. The largest absolute Gasteiger partial charge is 0.316 e. The molecule has 0 amide bonds. The molecule has 0 aliphatic carbocycles. The Morgan fingerprint density at radius 1 is 0.952 bits per heavy atom. The van der Waals surface area contributed by atoms with Crippen LogP contribution in [-0.2, 0) is 12.8 Å². The van der Waals surface area contributed by atoms with Gasteiger partial charge in [0.2, 0.25) is 0 Å². The molecule has 2 rings (SSSR count). The Morgan fingerprint density at radius 2 is 1.52 bits per heavy atom. The molecule has 1 N–H and O–H groups in total. The van der Waals surface area contributed by atoms with Gasteiger partial charge in [0.15, 0.2) is 0 Å². The van der Waals surface area contributed by atoms with Crippen molar-refractivity contribution in [1.82, 2.24) is 5.32 Å². The molecule has 0 heterocycles. The maximum Gasteiger partial charge on any atom is 0.145 e. The van der Waals surface area contributed by atoms with Crippen LogP contribution in [0.2, 0.25) is 15.1 Å². The molecular formula is C16H15Cl3FN. The maximum atomic E-state index is 14.0. The number of nitrogens with one attached hydrogen (secondary N) is 1. The zero-order chi connectivity index (χ0) is 15.4. The summed E-state index contributed by atoms with van der Waals surface area (Å²) in [5.74, 6) is -0.364. The van der Waals surface area contributed by atoms with Gasteiger partial charge in [0, 0.05) is 6.04 Å². The first-order valence-electron chi connectivity index (χ1n) is 6.56. The predicted octanol–water partition coefficient (Wildman–Crippen LogP) is 5.16. The van der Waals surface area contributed by atoms with Crippen LogP contribution in [0, 0.1) is 5.82 Å². The minimum absolute atomic E-state index is 0.0360. The van der Waals surface area contributed by atoms with E-state index in [1.807, 2.05) is 19.2 Å². The van der Waals surface area contributed by atoms with Crippen molar-refractivity contribution in [2.75, 3.05) is 7.05 Å². The first kappa shape index (κ1) is 16.6. The van der Waals surface area contributed by atoms with Crippen molar-refractivity contribution in [3.8, 4) is 0 Å². The Hall–Kier alpha value is -0.800. The Balaban J connectivity index is 2.17. The van der Waals surface area contributed by atoms with E-state index in [4.69, 9.17) is 34.8 Å². The molecule has 0 radical (unpaired) electrons. The summed E-state index contributed by atoms with van der Waals surface area (Å²) in [5, 5.41) is 4.40. The minimum atomic E-state index is -0.364. The Labute approximate surface area is 139 Å². The van der Waals surface area contributed by atoms with Gasteiger partial charge in [0.05, 0.1) is 15.1 Å². The predicted molar refractivity (Wildman–Crippen MR) is 88.1 cm³/mol. The van der Waals surface area contributed by atoms with E-state index in [0.29, 0.717) is 28.5 Å². The fraction of sp³-hybridized carbons (Fsp3) is 0.250. The second-order valence-electron chi connectivity index (χ2n) is 4.82. The van der Waals surface area contributed by atoms with E-state index < -0.39 is 0 Å². The van der Waals surface area contributed by atoms with Gasteiger partial charge in [-0.1, -0.05) is 59.1 Å². The molecule has 2 aromatic rings. The summed E-state index contributed by atoms with van der Waals surface area (Å²) in [7, 11) is 1.84. The zero-order valence-electron chi connectivity index (χ0n) is 11.5. The molecule has 21 heavy (non-hydrogen) atoms. The van der Waals surface area contributed by atoms with Gasteiger partial charge < -0.3 is 5.32 Å². The third kappa shape index (κ3) is 4.10. The summed E-state index contributed by atoms with van der Waals surface area (Å²) in [4.78, 5) is 0. The van der Waals surface area contributed by atoms with Crippen LogP contribution in [0.5, 0.6) is 0 Å². The molecule has 5 heteroatoms. The first-order valence-corrected chi connectivity index (χ1v) is 7.69. The van der Waals surface area contributed by atoms with Crippen molar-refractivity contribution in [3.05, 3.63) is 68.4 Å². The van der Waals surface area contributed by atoms with Crippen molar-refractivity contribution >= 4 is 34.8 Å². The molecule has 1 unspecified atom stereocenters. The van der Waals surface area contributed by atoms with Crippen LogP contribution in [0.1, 0.15) is 11.1 Å². The van der Waals surface area contributed by atoms with Gasteiger partial charge in [-0.3, -0.25) is 0 Å². The lowest BCUT2D eigenvalue weighted by atomic mass is 9.98. The van der Waals surface area contributed by atoms with Gasteiger partial charge in [-0.2, -0.15) is 0 Å². The molecule has 0 saturated carbocycles. The van der Waals surface area contributed by atoms with Crippen LogP contribution in [-0.4, -0.2) is 13.1 Å². The summed E-state index contributed by atoms with van der Waals surface area (Å²) in [6.07, 6.45) is 1.17. The highest BCUT2D eigenvalue weighted by atomic mass is 35.5. The summed E-state index contributed by atoms with van der Waals surface area (Å²) in [6, 6.07) is 10.6. The molecule has 112 valence electrons. The van der Waals surface area contributed by atoms with Gasteiger partial charge in [-0.25, -0.2) is 4.39 Å². The average molecular weight is 347 g/mol. The van der Waals surface area contributed by atoms with Crippen LogP contribution < -0.4 is 5.32 Å². The molecule has 0 fully saturated rings. The van der Waals surface area contributed by atoms with Gasteiger partial charge >= 0.3 is 0 Å². The molecule has 0 aliphatic rings. The molecule has 0 saturated heterocycles. The second kappa shape index (κ2) is 7.46. The van der Waals surface area contributed by atoms with E-state index in [9.17, 15) is 4.39 Å². The van der Waals surface area contributed by atoms with Crippen molar-refractivity contribution in [2.24, 2.45) is 0 Å². The molecule has 0 bridgehead atoms. The van der Waals surface area contributed by atoms with Gasteiger partial charge in [0.25, 0.3) is 0 Å². The first-order chi connectivity index (χ1) is 10.0. The van der Waals surface area contributed by atoms with Crippen LogP contribution in [0.4, 0.5) is 4.39 Å². The topological polar surface area (TPSA) is 12.0 Å². The lowest BCUT2D eigenvalue weighted by Crippen LogP contribution is -2.30. The molecule has 0 spiro atoms. The lowest BCUT2D eigenvalue weighted by molar-refractivity contribution is 0.532. The van der Waals surface area contributed by atoms with Crippen molar-refractivity contribution in [1.29, 1.82) is 0 Å². The van der Waals surface area contributed by atoms with Crippen molar-refractivity contribution in [3.63, 3.8) is 0 Å². The van der Waals surface area contributed by atoms with E-state index in [0.717, 1.165) is 5.56 Å². The lowest BCUT2D eigenvalue weighted by Gasteiger charge is -2.18. The number of likely N-dealkylation sites (N-methyl/N-ethyl adjacent to an activating group) is 1. The number of halogens is 4. The highest BCUT2D eigenvalue weighted by Gasteiger charge is 2.15. The highest BCUT2D eigenvalue weighted by Crippen LogP contribution is 2.27. The molecule has 1 nitrogen and oxygen atoms in total. The van der Waals surface area contributed by atoms with Crippen LogP contribution >= 0.6 is 34.8 Å². The van der Waals surface area contributed by atoms with Crippen LogP contribution in [0.3, 0.4) is 0 Å². The highest BCUT2D eigenvalue weighted by molar-refractivity contribution is 6.42. The Bertz CT molecular complexity index is 577. The molecule has 0 aliphatic heterocycles. The third-order valence-corrected chi connectivity index (χ3v) is 4.55. The number of hydrogen-bond donors (Lipinski definition) is 1. The van der Waals surface area contributed by atoms with Crippen LogP contribution in [0.15, 0.2) is 36.4 Å². The zero-order valence-corrected chi connectivity index (χ0v) is 13.7. The standard InChI is InChI=1S/C16H15Cl3FN/c1-21-12(8-10-4-2-6-13(17)15(10)19)9-11-5-3-7-14(18)16(11)20/h2-7,12,21H,8-9H2,1H3. The van der Waals surface area contributed by atoms with E-state index in [-0.39, 0.29) is 16.9 Å². The second-order valence-corrected chi connectivity index (χ2v) is 6.01.